The van der Waals surface area contributed by atoms with Crippen LogP contribution in [-0.2, 0) is 4.74 Å². The second-order valence-electron chi connectivity index (χ2n) is 5.98. The molecule has 28 heavy (non-hydrogen) atoms. The highest BCUT2D eigenvalue weighted by Crippen LogP contribution is 2.29. The number of benzene rings is 2. The van der Waals surface area contributed by atoms with Gasteiger partial charge in [0.1, 0.15) is 11.3 Å². The zero-order valence-corrected chi connectivity index (χ0v) is 16.1. The summed E-state index contributed by atoms with van der Waals surface area (Å²) in [7, 11) is 1.27. The molecular weight excluding hydrogens is 401 g/mol. The van der Waals surface area contributed by atoms with Crippen molar-refractivity contribution < 1.29 is 9.53 Å². The van der Waals surface area contributed by atoms with Crippen molar-refractivity contribution in [2.45, 2.75) is 0 Å². The molecule has 0 aromatic heterocycles. The summed E-state index contributed by atoms with van der Waals surface area (Å²) in [6.07, 6.45) is 3.12. The largest absolute Gasteiger partial charge is 0.465 e. The molecule has 0 unspecified atom stereocenters. The lowest BCUT2D eigenvalue weighted by molar-refractivity contribution is 0.0600. The summed E-state index contributed by atoms with van der Waals surface area (Å²) >= 11 is 12.3. The number of halogens is 2. The minimum Gasteiger partial charge on any atom is -0.465 e. The van der Waals surface area contributed by atoms with Crippen molar-refractivity contribution >= 4 is 29.2 Å². The molecule has 0 fully saturated rings. The minimum absolute atomic E-state index is 0.151. The Morgan fingerprint density at radius 3 is 2.50 bits per heavy atom. The molecule has 0 radical (unpaired) electrons. The maximum Gasteiger partial charge on any atom is 0.341 e. The number of hydrogen-bond donors (Lipinski definition) is 0. The molecular formula is C20H13Cl2N3O3. The predicted octanol–water partition coefficient (Wildman–Crippen LogP) is 4.22. The maximum absolute atomic E-state index is 13.0. The van der Waals surface area contributed by atoms with Gasteiger partial charge >= 0.3 is 5.97 Å². The van der Waals surface area contributed by atoms with Crippen LogP contribution in [0.2, 0.25) is 10.0 Å². The van der Waals surface area contributed by atoms with E-state index in [0.717, 1.165) is 0 Å². The van der Waals surface area contributed by atoms with Gasteiger partial charge in [-0.15, -0.1) is 0 Å². The Kier molecular flexibility index (Phi) is 4.66. The van der Waals surface area contributed by atoms with Crippen LogP contribution in [-0.4, -0.2) is 27.4 Å². The Morgan fingerprint density at radius 2 is 1.82 bits per heavy atom. The van der Waals surface area contributed by atoms with Crippen molar-refractivity contribution in [1.29, 1.82) is 0 Å². The molecule has 2 heterocycles. The van der Waals surface area contributed by atoms with E-state index in [0.29, 0.717) is 21.4 Å². The molecule has 140 valence electrons. The zero-order valence-electron chi connectivity index (χ0n) is 14.6. The van der Waals surface area contributed by atoms with E-state index in [1.54, 1.807) is 53.2 Å². The molecule has 0 aliphatic carbocycles. The van der Waals surface area contributed by atoms with Gasteiger partial charge < -0.3 is 9.30 Å². The molecule has 0 amide bonds. The third kappa shape index (κ3) is 3.06. The lowest BCUT2D eigenvalue weighted by Gasteiger charge is -2.13. The first-order chi connectivity index (χ1) is 13.5. The topological polar surface area (TPSA) is 66.1 Å². The number of fused-ring (bicyclic) bond motifs is 1. The monoisotopic (exact) mass is 413 g/mol. The standard InChI is InChI=1S/C20H13Cl2N3O3/c1-28-20(27)15-11-24(17-8-7-12(21)9-16(17)22)10-14-18(15)23-25(19(14)26)13-5-3-2-4-6-13/h2-11H,1H3. The summed E-state index contributed by atoms with van der Waals surface area (Å²) < 4.78 is 7.73. The normalized spacial score (nSPS) is 11.0. The van der Waals surface area contributed by atoms with Gasteiger partial charge in [0.25, 0.3) is 5.56 Å². The molecule has 2 aliphatic rings. The van der Waals surface area contributed by atoms with Gasteiger partial charge in [-0.1, -0.05) is 41.4 Å². The number of esters is 1. The summed E-state index contributed by atoms with van der Waals surface area (Å²) in [6, 6.07) is 13.9. The van der Waals surface area contributed by atoms with Gasteiger partial charge in [0, 0.05) is 17.4 Å². The van der Waals surface area contributed by atoms with Gasteiger partial charge in [0.05, 0.1) is 29.1 Å². The SMILES string of the molecule is COC(=O)c1cn(-c2ccc(Cl)cc2Cl)cc2c(=O)n(-c3ccccc3)nc1-2. The fourth-order valence-corrected chi connectivity index (χ4v) is 3.45. The summed E-state index contributed by atoms with van der Waals surface area (Å²) in [4.78, 5) is 25.4. The highest BCUT2D eigenvalue weighted by Gasteiger charge is 2.25. The first-order valence-electron chi connectivity index (χ1n) is 8.24. The fraction of sp³-hybridized carbons (Fsp3) is 0.0500. The molecule has 0 saturated carbocycles. The minimum atomic E-state index is -0.609. The second kappa shape index (κ2) is 7.14. The van der Waals surface area contributed by atoms with Gasteiger partial charge in [-0.25, -0.2) is 4.79 Å². The van der Waals surface area contributed by atoms with Crippen LogP contribution in [0.1, 0.15) is 10.4 Å². The van der Waals surface area contributed by atoms with Crippen molar-refractivity contribution in [1.82, 2.24) is 14.3 Å². The van der Waals surface area contributed by atoms with E-state index in [4.69, 9.17) is 27.9 Å². The molecule has 0 atom stereocenters. The van der Waals surface area contributed by atoms with E-state index in [9.17, 15) is 9.59 Å². The number of carbonyl (C=O) groups excluding carboxylic acids is 1. The van der Waals surface area contributed by atoms with Crippen molar-refractivity contribution in [3.63, 3.8) is 0 Å². The maximum atomic E-state index is 13.0. The van der Waals surface area contributed by atoms with Crippen molar-refractivity contribution in [2.75, 3.05) is 7.11 Å². The number of methoxy groups -OCH3 is 1. The molecule has 0 saturated heterocycles. The lowest BCUT2D eigenvalue weighted by atomic mass is 10.1. The summed E-state index contributed by atoms with van der Waals surface area (Å²) in [5.41, 5.74) is 1.46. The van der Waals surface area contributed by atoms with Crippen LogP contribution in [0.4, 0.5) is 0 Å². The Labute approximate surface area is 169 Å². The summed E-state index contributed by atoms with van der Waals surface area (Å²) in [6.45, 7) is 0. The van der Waals surface area contributed by atoms with Crippen LogP contribution in [0.5, 0.6) is 0 Å². The molecule has 2 aliphatic heterocycles. The summed E-state index contributed by atoms with van der Waals surface area (Å²) in [5, 5.41) is 5.21. The molecule has 6 nitrogen and oxygen atoms in total. The van der Waals surface area contributed by atoms with E-state index in [1.165, 1.54) is 18.0 Å². The van der Waals surface area contributed by atoms with Gasteiger partial charge in [-0.2, -0.15) is 9.78 Å². The van der Waals surface area contributed by atoms with Crippen LogP contribution in [0, 0.1) is 0 Å². The molecule has 0 N–H and O–H groups in total. The quantitative estimate of drug-likeness (QED) is 0.471. The third-order valence-corrected chi connectivity index (χ3v) is 4.80. The Morgan fingerprint density at radius 1 is 1.07 bits per heavy atom. The third-order valence-electron chi connectivity index (χ3n) is 4.26. The number of carbonyl (C=O) groups is 1. The second-order valence-corrected chi connectivity index (χ2v) is 6.82. The highest BCUT2D eigenvalue weighted by molar-refractivity contribution is 6.35. The molecule has 0 spiro atoms. The van der Waals surface area contributed by atoms with E-state index >= 15 is 0 Å². The number of pyridine rings is 1. The van der Waals surface area contributed by atoms with Crippen molar-refractivity contribution in [3.8, 4) is 22.6 Å². The first-order valence-corrected chi connectivity index (χ1v) is 8.99. The average molecular weight is 414 g/mol. The molecule has 8 heteroatoms. The average Bonchev–Trinajstić information content (AvgIpc) is 3.04. The van der Waals surface area contributed by atoms with Gasteiger partial charge in [-0.3, -0.25) is 4.79 Å². The Bertz CT molecular complexity index is 1220. The smallest absolute Gasteiger partial charge is 0.341 e. The van der Waals surface area contributed by atoms with Crippen molar-refractivity contribution in [3.05, 3.63) is 86.9 Å². The number of ether oxygens (including phenoxy) is 1. The van der Waals surface area contributed by atoms with Gasteiger partial charge in [-0.05, 0) is 30.3 Å². The Hall–Kier alpha value is -3.09. The highest BCUT2D eigenvalue weighted by atomic mass is 35.5. The van der Waals surface area contributed by atoms with E-state index in [2.05, 4.69) is 5.10 Å². The lowest BCUT2D eigenvalue weighted by Crippen LogP contribution is -2.15. The van der Waals surface area contributed by atoms with Gasteiger partial charge in [0.15, 0.2) is 0 Å². The van der Waals surface area contributed by atoms with E-state index in [1.807, 2.05) is 6.07 Å². The summed E-state index contributed by atoms with van der Waals surface area (Å²) in [5.74, 6) is -0.609. The number of para-hydroxylation sites is 1. The van der Waals surface area contributed by atoms with Crippen LogP contribution in [0.25, 0.3) is 22.6 Å². The number of aromatic nitrogens is 3. The van der Waals surface area contributed by atoms with Crippen LogP contribution >= 0.6 is 23.2 Å². The number of hydrogen-bond acceptors (Lipinski definition) is 4. The number of nitrogens with zero attached hydrogens (tertiary/aromatic N) is 3. The van der Waals surface area contributed by atoms with Crippen LogP contribution in [0.15, 0.2) is 65.7 Å². The predicted molar refractivity (Wildman–Crippen MR) is 107 cm³/mol. The fourth-order valence-electron chi connectivity index (χ4n) is 2.94. The zero-order chi connectivity index (χ0) is 19.8. The molecule has 2 aromatic carbocycles. The Balaban J connectivity index is 2.02. The molecule has 0 bridgehead atoms. The van der Waals surface area contributed by atoms with E-state index in [-0.39, 0.29) is 22.4 Å². The van der Waals surface area contributed by atoms with E-state index < -0.39 is 5.97 Å². The van der Waals surface area contributed by atoms with Crippen molar-refractivity contribution in [2.24, 2.45) is 0 Å². The molecule has 4 rings (SSSR count). The van der Waals surface area contributed by atoms with Crippen LogP contribution in [0.3, 0.4) is 0 Å². The van der Waals surface area contributed by atoms with Gasteiger partial charge in [0.2, 0.25) is 0 Å². The molecule has 2 aromatic rings. The van der Waals surface area contributed by atoms with Crippen LogP contribution < -0.4 is 5.56 Å². The first kappa shape index (κ1) is 18.3. The number of rotatable bonds is 3.